The molecule has 1 fully saturated rings. The Morgan fingerprint density at radius 3 is 2.24 bits per heavy atom. The van der Waals surface area contributed by atoms with Crippen molar-refractivity contribution in [1.29, 1.82) is 0 Å². The lowest BCUT2D eigenvalue weighted by atomic mass is 10.0. The second-order valence-electron chi connectivity index (χ2n) is 7.50. The van der Waals surface area contributed by atoms with E-state index in [1.807, 2.05) is 18.2 Å². The summed E-state index contributed by atoms with van der Waals surface area (Å²) in [7, 11) is 2.16. The molecular formula is C23H30N4O2. The third kappa shape index (κ3) is 6.78. The fraction of sp³-hybridized carbons (Fsp3) is 0.391. The van der Waals surface area contributed by atoms with Crippen molar-refractivity contribution in [3.05, 3.63) is 65.7 Å². The van der Waals surface area contributed by atoms with E-state index in [0.29, 0.717) is 16.8 Å². The van der Waals surface area contributed by atoms with Crippen LogP contribution in [0.25, 0.3) is 0 Å². The van der Waals surface area contributed by atoms with Crippen molar-refractivity contribution in [1.82, 2.24) is 15.1 Å². The van der Waals surface area contributed by atoms with Gasteiger partial charge in [0.05, 0.1) is 6.54 Å². The van der Waals surface area contributed by atoms with Gasteiger partial charge in [-0.1, -0.05) is 30.3 Å². The molecule has 3 rings (SSSR count). The summed E-state index contributed by atoms with van der Waals surface area (Å²) in [6, 6.07) is 16.2. The highest BCUT2D eigenvalue weighted by atomic mass is 16.2. The molecule has 1 heterocycles. The number of amides is 1. The molecule has 2 N–H and O–H groups in total. The maximum absolute atomic E-state index is 12.4. The van der Waals surface area contributed by atoms with Crippen LogP contribution in [0.5, 0.6) is 0 Å². The van der Waals surface area contributed by atoms with E-state index in [9.17, 15) is 9.59 Å². The predicted molar refractivity (Wildman–Crippen MR) is 116 cm³/mol. The largest absolute Gasteiger partial charge is 0.325 e. The summed E-state index contributed by atoms with van der Waals surface area (Å²) in [6.45, 7) is 6.69. The van der Waals surface area contributed by atoms with Crippen LogP contribution in [0.1, 0.15) is 22.3 Å². The van der Waals surface area contributed by atoms with Gasteiger partial charge in [0.15, 0.2) is 5.78 Å². The van der Waals surface area contributed by atoms with Gasteiger partial charge < -0.3 is 20.4 Å². The van der Waals surface area contributed by atoms with E-state index in [1.165, 1.54) is 0 Å². The van der Waals surface area contributed by atoms with E-state index in [4.69, 9.17) is 0 Å². The van der Waals surface area contributed by atoms with Crippen molar-refractivity contribution in [2.24, 2.45) is 0 Å². The molecule has 0 aliphatic carbocycles. The van der Waals surface area contributed by atoms with Crippen molar-refractivity contribution < 1.29 is 9.59 Å². The number of nitrogens with zero attached hydrogens (tertiary/aromatic N) is 2. The number of ketones is 1. The van der Waals surface area contributed by atoms with Gasteiger partial charge in [0.2, 0.25) is 5.91 Å². The molecule has 1 aliphatic heterocycles. The van der Waals surface area contributed by atoms with E-state index in [-0.39, 0.29) is 18.2 Å². The Bertz CT molecular complexity index is 784. The molecule has 154 valence electrons. The van der Waals surface area contributed by atoms with Crippen LogP contribution < -0.4 is 10.6 Å². The maximum atomic E-state index is 12.4. The third-order valence-electron chi connectivity index (χ3n) is 5.18. The number of nitrogens with one attached hydrogen (secondary N) is 2. The minimum absolute atomic E-state index is 0.0227. The Labute approximate surface area is 172 Å². The molecule has 0 unspecified atom stereocenters. The smallest absolute Gasteiger partial charge is 0.238 e. The minimum atomic E-state index is -0.0771. The van der Waals surface area contributed by atoms with Gasteiger partial charge in [0.1, 0.15) is 0 Å². The summed E-state index contributed by atoms with van der Waals surface area (Å²) in [5.41, 5.74) is 1.96. The molecule has 2 aromatic rings. The average Bonchev–Trinajstić information content (AvgIpc) is 2.75. The Hall–Kier alpha value is -2.54. The lowest BCUT2D eigenvalue weighted by Crippen LogP contribution is -2.45. The number of carbonyl (C=O) groups excluding carboxylic acids is 2. The van der Waals surface area contributed by atoms with Crippen LogP contribution in [-0.4, -0.2) is 74.4 Å². The predicted octanol–water partition coefficient (Wildman–Crippen LogP) is 2.08. The Balaban J connectivity index is 1.34. The van der Waals surface area contributed by atoms with E-state index >= 15 is 0 Å². The van der Waals surface area contributed by atoms with Crippen molar-refractivity contribution in [2.75, 3.05) is 58.2 Å². The minimum Gasteiger partial charge on any atom is -0.325 e. The summed E-state index contributed by atoms with van der Waals surface area (Å²) in [5.74, 6) is -0.0998. The first-order valence-corrected chi connectivity index (χ1v) is 10.2. The molecule has 1 saturated heterocycles. The molecule has 6 heteroatoms. The highest BCUT2D eigenvalue weighted by Crippen LogP contribution is 2.13. The number of likely N-dealkylation sites (N-methyl/N-ethyl adjacent to an activating group) is 1. The van der Waals surface area contributed by atoms with Crippen LogP contribution in [-0.2, 0) is 4.79 Å². The Morgan fingerprint density at radius 2 is 1.55 bits per heavy atom. The molecule has 2 aromatic carbocycles. The average molecular weight is 395 g/mol. The highest BCUT2D eigenvalue weighted by Gasteiger charge is 2.13. The van der Waals surface area contributed by atoms with Gasteiger partial charge in [-0.05, 0) is 50.8 Å². The number of anilines is 1. The molecule has 1 aliphatic rings. The first-order chi connectivity index (χ1) is 14.1. The molecular weight excluding hydrogens is 364 g/mol. The lowest BCUT2D eigenvalue weighted by molar-refractivity contribution is -0.115. The second kappa shape index (κ2) is 10.9. The Kier molecular flexibility index (Phi) is 7.93. The van der Waals surface area contributed by atoms with Gasteiger partial charge in [-0.3, -0.25) is 9.59 Å². The fourth-order valence-electron chi connectivity index (χ4n) is 3.37. The van der Waals surface area contributed by atoms with Crippen LogP contribution in [0.2, 0.25) is 0 Å². The van der Waals surface area contributed by atoms with Gasteiger partial charge in [-0.15, -0.1) is 0 Å². The molecule has 6 nitrogen and oxygen atoms in total. The van der Waals surface area contributed by atoms with Crippen molar-refractivity contribution in [2.45, 2.75) is 6.42 Å². The van der Waals surface area contributed by atoms with Crippen LogP contribution in [0.3, 0.4) is 0 Å². The molecule has 29 heavy (non-hydrogen) atoms. The van der Waals surface area contributed by atoms with Crippen molar-refractivity contribution in [3.8, 4) is 0 Å². The third-order valence-corrected chi connectivity index (χ3v) is 5.18. The molecule has 0 saturated carbocycles. The summed E-state index contributed by atoms with van der Waals surface area (Å²) in [4.78, 5) is 29.3. The number of carbonyl (C=O) groups is 2. The zero-order valence-electron chi connectivity index (χ0n) is 17.1. The monoisotopic (exact) mass is 394 g/mol. The molecule has 0 bridgehead atoms. The van der Waals surface area contributed by atoms with Crippen LogP contribution >= 0.6 is 0 Å². The second-order valence-corrected chi connectivity index (χ2v) is 7.50. The summed E-state index contributed by atoms with van der Waals surface area (Å²) >= 11 is 0. The molecule has 0 spiro atoms. The normalized spacial score (nSPS) is 15.2. The van der Waals surface area contributed by atoms with Gasteiger partial charge in [-0.25, -0.2) is 0 Å². The molecule has 0 radical (unpaired) electrons. The van der Waals surface area contributed by atoms with Crippen molar-refractivity contribution in [3.63, 3.8) is 0 Å². The van der Waals surface area contributed by atoms with Gasteiger partial charge in [-0.2, -0.15) is 0 Å². The SMILES string of the molecule is CN1CCN(CCCNCC(=O)Nc2ccc(C(=O)c3ccccc3)cc2)CC1. The van der Waals surface area contributed by atoms with E-state index in [2.05, 4.69) is 27.5 Å². The zero-order chi connectivity index (χ0) is 20.5. The standard InChI is InChI=1S/C23H30N4O2/c1-26-14-16-27(17-15-26)13-5-12-24-18-22(28)25-21-10-8-20(9-11-21)23(29)19-6-3-2-4-7-19/h2-4,6-11,24H,5,12-18H2,1H3,(H,25,28). The number of hydrogen-bond donors (Lipinski definition) is 2. The van der Waals surface area contributed by atoms with Crippen molar-refractivity contribution >= 4 is 17.4 Å². The maximum Gasteiger partial charge on any atom is 0.238 e. The van der Waals surface area contributed by atoms with E-state index < -0.39 is 0 Å². The number of piperazine rings is 1. The quantitative estimate of drug-likeness (QED) is 0.504. The van der Waals surface area contributed by atoms with E-state index in [0.717, 1.165) is 45.7 Å². The molecule has 1 amide bonds. The van der Waals surface area contributed by atoms with Gasteiger partial charge >= 0.3 is 0 Å². The van der Waals surface area contributed by atoms with Crippen LogP contribution in [0.4, 0.5) is 5.69 Å². The van der Waals surface area contributed by atoms with Crippen LogP contribution in [0.15, 0.2) is 54.6 Å². The molecule has 0 aromatic heterocycles. The lowest BCUT2D eigenvalue weighted by Gasteiger charge is -2.32. The summed E-state index contributed by atoms with van der Waals surface area (Å²) in [6.07, 6.45) is 1.04. The topological polar surface area (TPSA) is 64.7 Å². The number of benzene rings is 2. The zero-order valence-corrected chi connectivity index (χ0v) is 17.1. The van der Waals surface area contributed by atoms with Gasteiger partial charge in [0.25, 0.3) is 0 Å². The van der Waals surface area contributed by atoms with Crippen LogP contribution in [0, 0.1) is 0 Å². The van der Waals surface area contributed by atoms with Gasteiger partial charge in [0, 0.05) is 43.0 Å². The fourth-order valence-corrected chi connectivity index (χ4v) is 3.37. The molecule has 0 atom stereocenters. The summed E-state index contributed by atoms with van der Waals surface area (Å²) < 4.78 is 0. The first kappa shape index (κ1) is 21.2. The number of rotatable bonds is 9. The highest BCUT2D eigenvalue weighted by molar-refractivity contribution is 6.09. The first-order valence-electron chi connectivity index (χ1n) is 10.2. The Morgan fingerprint density at radius 1 is 0.897 bits per heavy atom. The summed E-state index contributed by atoms with van der Waals surface area (Å²) in [5, 5.41) is 6.07. The van der Waals surface area contributed by atoms with E-state index in [1.54, 1.807) is 36.4 Å². The number of hydrogen-bond acceptors (Lipinski definition) is 5.